The Morgan fingerprint density at radius 2 is 1.62 bits per heavy atom. The molecule has 3 N–H and O–H groups in total. The molecular formula is C55H76N4O6. The van der Waals surface area contributed by atoms with E-state index >= 15 is 0 Å². The monoisotopic (exact) mass is 889 g/mol. The van der Waals surface area contributed by atoms with Crippen LogP contribution in [0.15, 0.2) is 34.6 Å². The molecular weight excluding hydrogens is 813 g/mol. The smallest absolute Gasteiger partial charge is 0.321 e. The lowest BCUT2D eigenvalue weighted by atomic mass is 9.83. The number of hydrogen-bond acceptors (Lipinski definition) is 8. The predicted molar refractivity (Wildman–Crippen MR) is 263 cm³/mol. The zero-order chi connectivity index (χ0) is 47.1. The van der Waals surface area contributed by atoms with Crippen molar-refractivity contribution in [3.63, 3.8) is 0 Å². The zero-order valence-electron chi connectivity index (χ0n) is 41.0. The lowest BCUT2D eigenvalue weighted by Crippen LogP contribution is -2.29. The summed E-state index contributed by atoms with van der Waals surface area (Å²) < 4.78 is 11.1. The molecule has 0 radical (unpaired) electrons. The number of nitrogens with zero attached hydrogens (tertiary/aromatic N) is 1. The van der Waals surface area contributed by atoms with Crippen LogP contribution in [0.5, 0.6) is 0 Å². The minimum absolute atomic E-state index is 0.0785. The van der Waals surface area contributed by atoms with Crippen LogP contribution in [0, 0.1) is 61.2 Å². The number of ether oxygens (including phenoxy) is 2. The highest BCUT2D eigenvalue weighted by Gasteiger charge is 2.48. The summed E-state index contributed by atoms with van der Waals surface area (Å²) in [6.07, 6.45) is 23.5. The maximum atomic E-state index is 14.4. The number of hydrogen-bond donors (Lipinski definition) is 3. The molecule has 1 aliphatic carbocycles. The minimum Gasteiger partial charge on any atom is -0.468 e. The largest absolute Gasteiger partial charge is 0.468 e. The summed E-state index contributed by atoms with van der Waals surface area (Å²) in [6.45, 7) is 23.9. The molecule has 3 aliphatic heterocycles. The van der Waals surface area contributed by atoms with E-state index in [1.54, 1.807) is 0 Å². The summed E-state index contributed by atoms with van der Waals surface area (Å²) in [5.74, 6) is -1.06. The fraction of sp³-hybridized carbons (Fsp3) is 0.582. The second-order valence-electron chi connectivity index (χ2n) is 20.1. The first-order valence-corrected chi connectivity index (χ1v) is 24.6. The molecule has 1 fully saturated rings. The van der Waals surface area contributed by atoms with E-state index in [0.717, 1.165) is 76.3 Å². The quantitative estimate of drug-likeness (QED) is 0.0490. The fourth-order valence-electron chi connectivity index (χ4n) is 10.8. The highest BCUT2D eigenvalue weighted by Crippen LogP contribution is 2.48. The third kappa shape index (κ3) is 11.0. The van der Waals surface area contributed by atoms with E-state index in [2.05, 4.69) is 76.4 Å². The molecule has 6 rings (SSSR count). The predicted octanol–water partition coefficient (Wildman–Crippen LogP) is 10.1. The average Bonchev–Trinajstić information content (AvgIpc) is 4.02. The molecule has 65 heavy (non-hydrogen) atoms. The van der Waals surface area contributed by atoms with E-state index in [4.69, 9.17) is 14.5 Å². The summed E-state index contributed by atoms with van der Waals surface area (Å²) in [6, 6.07) is -0.284. The first kappa shape index (κ1) is 49.4. The van der Waals surface area contributed by atoms with Gasteiger partial charge in [0.15, 0.2) is 5.78 Å². The average molecular weight is 889 g/mol. The Kier molecular flexibility index (Phi) is 16.7. The van der Waals surface area contributed by atoms with Crippen LogP contribution in [-0.2, 0) is 23.9 Å². The van der Waals surface area contributed by atoms with Crippen molar-refractivity contribution in [2.45, 2.75) is 145 Å². The number of methoxy groups -OCH3 is 1. The Morgan fingerprint density at radius 3 is 2.26 bits per heavy atom. The molecule has 0 spiro atoms. The second-order valence-corrected chi connectivity index (χ2v) is 20.1. The summed E-state index contributed by atoms with van der Waals surface area (Å²) in [5.41, 5.74) is 8.31. The van der Waals surface area contributed by atoms with Crippen LogP contribution in [-0.4, -0.2) is 59.4 Å². The third-order valence-electron chi connectivity index (χ3n) is 14.9. The molecule has 10 nitrogen and oxygen atoms in total. The van der Waals surface area contributed by atoms with E-state index in [0.29, 0.717) is 40.4 Å². The molecule has 8 bridgehead atoms. The van der Waals surface area contributed by atoms with Gasteiger partial charge in [-0.15, -0.1) is 0 Å². The fourth-order valence-corrected chi connectivity index (χ4v) is 10.8. The molecule has 4 aliphatic rings. The van der Waals surface area contributed by atoms with Crippen LogP contribution in [0.4, 0.5) is 0 Å². The number of H-pyrrole nitrogens is 2. The van der Waals surface area contributed by atoms with Crippen molar-refractivity contribution >= 4 is 59.6 Å². The Hall–Kier alpha value is -4.99. The Balaban J connectivity index is 1.22. The molecule has 0 saturated carbocycles. The van der Waals surface area contributed by atoms with Crippen molar-refractivity contribution in [3.05, 3.63) is 74.0 Å². The summed E-state index contributed by atoms with van der Waals surface area (Å²) in [5, 5.41) is 5.34. The van der Waals surface area contributed by atoms with E-state index < -0.39 is 11.9 Å². The number of carbonyl (C=O) groups is 4. The first-order valence-electron chi connectivity index (χ1n) is 24.6. The lowest BCUT2D eigenvalue weighted by Gasteiger charge is -2.20. The highest BCUT2D eigenvalue weighted by atomic mass is 16.5. The number of Topliss-reactive ketones (excluding diaryl/α,β-unsaturated/α-hetero) is 1. The van der Waals surface area contributed by atoms with Crippen molar-refractivity contribution in [1.29, 1.82) is 0 Å². The minimum atomic E-state index is -1.21. The summed E-state index contributed by atoms with van der Waals surface area (Å²) >= 11 is 0. The number of carbonyl (C=O) groups excluding carboxylic acids is 4. The van der Waals surface area contributed by atoms with Gasteiger partial charge in [-0.05, 0) is 99.6 Å². The molecule has 5 heterocycles. The van der Waals surface area contributed by atoms with Crippen molar-refractivity contribution in [1.82, 2.24) is 15.3 Å². The van der Waals surface area contributed by atoms with Crippen LogP contribution >= 0.6 is 0 Å². The number of nitrogens with one attached hydrogen (secondary N) is 3. The molecule has 2 aromatic rings. The van der Waals surface area contributed by atoms with Crippen LogP contribution in [0.25, 0.3) is 29.9 Å². The Bertz CT molecular complexity index is 2370. The van der Waals surface area contributed by atoms with Crippen LogP contribution in [0.3, 0.4) is 0 Å². The van der Waals surface area contributed by atoms with Crippen molar-refractivity contribution in [2.75, 3.05) is 13.7 Å². The Morgan fingerprint density at radius 1 is 0.923 bits per heavy atom. The van der Waals surface area contributed by atoms with Crippen molar-refractivity contribution in [2.24, 2.45) is 52.3 Å². The number of allylic oxidation sites excluding steroid dienone is 3. The van der Waals surface area contributed by atoms with Gasteiger partial charge in [0.1, 0.15) is 18.8 Å². The number of aldehydes is 1. The van der Waals surface area contributed by atoms with E-state index in [1.165, 1.54) is 57.6 Å². The standard InChI is InChI=1S/C55H76N4O6/c1-12-38-35(8)42-27-43-36(9)40(23-24-48(61)65-26-25-34(7)22-16-21-33(6)20-15-19-32(5)18-14-17-31(3)4)52(58-43)50-51(55(63)64-11)54(62)49-37(10)44(59-53(49)50)28-46-39(13-2)41(30-60)47(57-46)29-45(38)56-42/h12,25,27-33,36,39-41,47,51,56-57,59H,1,13-24,26H2,2-11H3/b34-25+,42-27-,45-29-,46-28-,52-50-/t32-,33-,36+,39?,40+,41?,47?,51-/m1/s1. The number of aromatic nitrogens is 2. The molecule has 8 atom stereocenters. The van der Waals surface area contributed by atoms with Crippen LogP contribution < -0.4 is 16.0 Å². The van der Waals surface area contributed by atoms with E-state index in [1.807, 2.05) is 38.2 Å². The van der Waals surface area contributed by atoms with Crippen molar-refractivity contribution < 1.29 is 28.7 Å². The summed E-state index contributed by atoms with van der Waals surface area (Å²) in [4.78, 5) is 66.5. The summed E-state index contributed by atoms with van der Waals surface area (Å²) in [7, 11) is 1.30. The van der Waals surface area contributed by atoms with E-state index in [-0.39, 0.29) is 54.5 Å². The van der Waals surface area contributed by atoms with Gasteiger partial charge in [0.2, 0.25) is 0 Å². The molecule has 352 valence electrons. The normalized spacial score (nSPS) is 26.3. The number of aromatic amines is 2. The van der Waals surface area contributed by atoms with Crippen molar-refractivity contribution in [3.8, 4) is 0 Å². The number of esters is 2. The second kappa shape index (κ2) is 22.0. The van der Waals surface area contributed by atoms with E-state index in [9.17, 15) is 19.2 Å². The number of fused-ring (bicyclic) bond motifs is 6. The molecule has 0 aromatic carbocycles. The first-order chi connectivity index (χ1) is 31.1. The van der Waals surface area contributed by atoms with Gasteiger partial charge in [-0.3, -0.25) is 19.4 Å². The maximum absolute atomic E-state index is 14.4. The van der Waals surface area contributed by atoms with Gasteiger partial charge >= 0.3 is 11.9 Å². The van der Waals surface area contributed by atoms with Crippen LogP contribution in [0.1, 0.15) is 164 Å². The van der Waals surface area contributed by atoms with Gasteiger partial charge in [-0.2, -0.15) is 0 Å². The van der Waals surface area contributed by atoms with Gasteiger partial charge in [-0.25, -0.2) is 0 Å². The van der Waals surface area contributed by atoms with Crippen LogP contribution in [0.2, 0.25) is 0 Å². The van der Waals surface area contributed by atoms with Gasteiger partial charge < -0.3 is 29.6 Å². The van der Waals surface area contributed by atoms with Gasteiger partial charge in [0.05, 0.1) is 24.5 Å². The molecule has 3 unspecified atom stereocenters. The number of aliphatic imine (C=N–C) groups is 1. The molecule has 0 amide bonds. The van der Waals surface area contributed by atoms with Gasteiger partial charge in [0.25, 0.3) is 0 Å². The molecule has 2 aromatic heterocycles. The SMILES string of the molecule is C=Cc1c(C)/c2[nH]/c1=C\C1N/C(=C\c3[nH]c4c(c3C)C(=O)[C@H](C(=O)OC)/C4=C3N=C(\C=2)[C@@H](C)[C@@H]/3CCC(=O)OC/C=C(\C)CCC[C@H](C)CCC[C@H](C)CCCC(C)C)C(CC)C1C=O. The number of ketones is 1. The number of rotatable bonds is 21. The molecule has 10 heteroatoms. The van der Waals surface area contributed by atoms with Gasteiger partial charge in [-0.1, -0.05) is 105 Å². The Labute approximate surface area is 387 Å². The zero-order valence-corrected chi connectivity index (χ0v) is 41.0. The van der Waals surface area contributed by atoms with Gasteiger partial charge in [0, 0.05) is 74.6 Å². The maximum Gasteiger partial charge on any atom is 0.321 e. The topological polar surface area (TPSA) is 143 Å². The third-order valence-corrected chi connectivity index (χ3v) is 14.9. The highest BCUT2D eigenvalue weighted by molar-refractivity contribution is 6.25. The molecule has 1 saturated heterocycles. The lowest BCUT2D eigenvalue weighted by molar-refractivity contribution is -0.143.